The number of nitriles is 1. The monoisotopic (exact) mass is 265 g/mol. The van der Waals surface area contributed by atoms with Crippen LogP contribution in [0.25, 0.3) is 5.69 Å². The Bertz CT molecular complexity index is 596. The highest BCUT2D eigenvalue weighted by atomic mass is 35.5. The lowest BCUT2D eigenvalue weighted by atomic mass is 10.3. The van der Waals surface area contributed by atoms with Crippen molar-refractivity contribution >= 4 is 23.2 Å². The number of aryl methyl sites for hydroxylation is 1. The predicted molar refractivity (Wildman–Crippen MR) is 67.6 cm³/mol. The zero-order chi connectivity index (χ0) is 12.4. The van der Waals surface area contributed by atoms with Crippen molar-refractivity contribution < 1.29 is 0 Å². The number of halogens is 2. The molecule has 0 radical (unpaired) electrons. The third-order valence-corrected chi connectivity index (χ3v) is 2.87. The van der Waals surface area contributed by atoms with E-state index in [9.17, 15) is 0 Å². The van der Waals surface area contributed by atoms with Crippen molar-refractivity contribution in [3.8, 4) is 11.8 Å². The minimum absolute atomic E-state index is 0.291. The molecule has 17 heavy (non-hydrogen) atoms. The van der Waals surface area contributed by atoms with Crippen LogP contribution in [0.5, 0.6) is 0 Å². The standard InChI is InChI=1S/C12H9Cl2N3/c1-8-6-10(4-5-15)16-17(8)12-3-2-9(13)7-11(12)14/h2-3,6-7H,4H2,1H3. The number of aromatic nitrogens is 2. The van der Waals surface area contributed by atoms with E-state index >= 15 is 0 Å². The summed E-state index contributed by atoms with van der Waals surface area (Å²) >= 11 is 12.0. The Kier molecular flexibility index (Phi) is 3.37. The molecule has 0 spiro atoms. The Morgan fingerprint density at radius 2 is 2.12 bits per heavy atom. The average molecular weight is 266 g/mol. The van der Waals surface area contributed by atoms with Crippen molar-refractivity contribution in [1.82, 2.24) is 9.78 Å². The second-order valence-corrected chi connectivity index (χ2v) is 4.46. The molecule has 0 atom stereocenters. The van der Waals surface area contributed by atoms with Gasteiger partial charge in [-0.1, -0.05) is 23.2 Å². The van der Waals surface area contributed by atoms with E-state index in [0.717, 1.165) is 17.1 Å². The Labute approximate surface area is 109 Å². The molecule has 1 aromatic heterocycles. The summed E-state index contributed by atoms with van der Waals surface area (Å²) in [5.74, 6) is 0. The second kappa shape index (κ2) is 4.79. The molecule has 5 heteroatoms. The van der Waals surface area contributed by atoms with Crippen molar-refractivity contribution in [3.63, 3.8) is 0 Å². The minimum Gasteiger partial charge on any atom is -0.236 e. The Hall–Kier alpha value is -1.50. The van der Waals surface area contributed by atoms with E-state index in [1.165, 1.54) is 0 Å². The highest BCUT2D eigenvalue weighted by Crippen LogP contribution is 2.25. The van der Waals surface area contributed by atoms with Gasteiger partial charge in [0.2, 0.25) is 0 Å². The van der Waals surface area contributed by atoms with Crippen LogP contribution in [0.3, 0.4) is 0 Å². The van der Waals surface area contributed by atoms with Gasteiger partial charge in [0.1, 0.15) is 0 Å². The molecule has 0 fully saturated rings. The number of nitrogens with zero attached hydrogens (tertiary/aromatic N) is 3. The van der Waals surface area contributed by atoms with Gasteiger partial charge in [0.15, 0.2) is 0 Å². The van der Waals surface area contributed by atoms with Crippen molar-refractivity contribution in [1.29, 1.82) is 5.26 Å². The average Bonchev–Trinajstić information content (AvgIpc) is 2.60. The smallest absolute Gasteiger partial charge is 0.0836 e. The van der Waals surface area contributed by atoms with Crippen LogP contribution in [0.1, 0.15) is 11.4 Å². The molecular formula is C12H9Cl2N3. The normalized spacial score (nSPS) is 10.2. The van der Waals surface area contributed by atoms with Gasteiger partial charge in [-0.05, 0) is 31.2 Å². The van der Waals surface area contributed by atoms with Gasteiger partial charge in [0.25, 0.3) is 0 Å². The van der Waals surface area contributed by atoms with Crippen LogP contribution >= 0.6 is 23.2 Å². The SMILES string of the molecule is Cc1cc(CC#N)nn1-c1ccc(Cl)cc1Cl. The van der Waals surface area contributed by atoms with E-state index in [-0.39, 0.29) is 0 Å². The molecular weight excluding hydrogens is 257 g/mol. The topological polar surface area (TPSA) is 41.6 Å². The molecule has 1 heterocycles. The van der Waals surface area contributed by atoms with Crippen LogP contribution in [0.4, 0.5) is 0 Å². The minimum atomic E-state index is 0.291. The van der Waals surface area contributed by atoms with E-state index < -0.39 is 0 Å². The first kappa shape index (κ1) is 12.0. The summed E-state index contributed by atoms with van der Waals surface area (Å²) in [6, 6.07) is 9.17. The third kappa shape index (κ3) is 2.44. The van der Waals surface area contributed by atoms with Crippen LogP contribution in [-0.4, -0.2) is 9.78 Å². The fraction of sp³-hybridized carbons (Fsp3) is 0.167. The van der Waals surface area contributed by atoms with E-state index in [4.69, 9.17) is 28.5 Å². The molecule has 0 saturated heterocycles. The molecule has 1 aromatic carbocycles. The molecule has 0 bridgehead atoms. The number of rotatable bonds is 2. The first-order valence-electron chi connectivity index (χ1n) is 4.99. The first-order valence-corrected chi connectivity index (χ1v) is 5.75. The summed E-state index contributed by atoms with van der Waals surface area (Å²) in [5.41, 5.74) is 2.42. The van der Waals surface area contributed by atoms with Crippen LogP contribution in [0.15, 0.2) is 24.3 Å². The molecule has 0 saturated carbocycles. The number of hydrogen-bond donors (Lipinski definition) is 0. The van der Waals surface area contributed by atoms with Crippen LogP contribution in [0, 0.1) is 18.3 Å². The molecule has 2 aromatic rings. The molecule has 0 unspecified atom stereocenters. The highest BCUT2D eigenvalue weighted by Gasteiger charge is 2.09. The lowest BCUT2D eigenvalue weighted by Crippen LogP contribution is -2.00. The maximum Gasteiger partial charge on any atom is 0.0836 e. The maximum absolute atomic E-state index is 8.64. The highest BCUT2D eigenvalue weighted by molar-refractivity contribution is 6.35. The molecule has 0 aliphatic rings. The van der Waals surface area contributed by atoms with Gasteiger partial charge in [-0.15, -0.1) is 0 Å². The molecule has 0 aliphatic heterocycles. The summed E-state index contributed by atoms with van der Waals surface area (Å²) in [5, 5.41) is 14.1. The molecule has 0 aliphatic carbocycles. The summed E-state index contributed by atoms with van der Waals surface area (Å²) in [4.78, 5) is 0. The largest absolute Gasteiger partial charge is 0.236 e. The van der Waals surface area contributed by atoms with Crippen LogP contribution < -0.4 is 0 Å². The Morgan fingerprint density at radius 1 is 1.35 bits per heavy atom. The molecule has 3 nitrogen and oxygen atoms in total. The van der Waals surface area contributed by atoms with Gasteiger partial charge in [0, 0.05) is 10.7 Å². The number of benzene rings is 1. The van der Waals surface area contributed by atoms with Gasteiger partial charge in [0.05, 0.1) is 28.9 Å². The molecule has 2 rings (SSSR count). The third-order valence-electron chi connectivity index (χ3n) is 2.34. The van der Waals surface area contributed by atoms with Gasteiger partial charge in [-0.3, -0.25) is 0 Å². The van der Waals surface area contributed by atoms with Gasteiger partial charge in [-0.25, -0.2) is 4.68 Å². The van der Waals surface area contributed by atoms with Gasteiger partial charge < -0.3 is 0 Å². The van der Waals surface area contributed by atoms with Crippen molar-refractivity contribution in [2.45, 2.75) is 13.3 Å². The quantitative estimate of drug-likeness (QED) is 0.834. The van der Waals surface area contributed by atoms with E-state index in [0.29, 0.717) is 16.5 Å². The van der Waals surface area contributed by atoms with Crippen molar-refractivity contribution in [3.05, 3.63) is 45.7 Å². The molecule has 0 amide bonds. The summed E-state index contributed by atoms with van der Waals surface area (Å²) < 4.78 is 1.71. The fourth-order valence-corrected chi connectivity index (χ4v) is 2.09. The first-order chi connectivity index (χ1) is 8.11. The van der Waals surface area contributed by atoms with Crippen LogP contribution in [0.2, 0.25) is 10.0 Å². The van der Waals surface area contributed by atoms with E-state index in [1.807, 2.05) is 13.0 Å². The predicted octanol–water partition coefficient (Wildman–Crippen LogP) is 3.55. The lowest BCUT2D eigenvalue weighted by Gasteiger charge is -2.06. The molecule has 86 valence electrons. The molecule has 0 N–H and O–H groups in total. The Balaban J connectivity index is 2.49. The summed E-state index contributed by atoms with van der Waals surface area (Å²) in [6.45, 7) is 1.92. The number of hydrogen-bond acceptors (Lipinski definition) is 2. The van der Waals surface area contributed by atoms with Crippen molar-refractivity contribution in [2.75, 3.05) is 0 Å². The maximum atomic E-state index is 8.64. The van der Waals surface area contributed by atoms with Crippen molar-refractivity contribution in [2.24, 2.45) is 0 Å². The fourth-order valence-electron chi connectivity index (χ4n) is 1.60. The lowest BCUT2D eigenvalue weighted by molar-refractivity contribution is 0.827. The van der Waals surface area contributed by atoms with Gasteiger partial charge in [-0.2, -0.15) is 10.4 Å². The summed E-state index contributed by atoms with van der Waals surface area (Å²) in [7, 11) is 0. The zero-order valence-corrected chi connectivity index (χ0v) is 10.6. The summed E-state index contributed by atoms with van der Waals surface area (Å²) in [6.07, 6.45) is 0.291. The second-order valence-electron chi connectivity index (χ2n) is 3.62. The zero-order valence-electron chi connectivity index (χ0n) is 9.11. The van der Waals surface area contributed by atoms with Crippen LogP contribution in [-0.2, 0) is 6.42 Å². The Morgan fingerprint density at radius 3 is 2.76 bits per heavy atom. The van der Waals surface area contributed by atoms with E-state index in [1.54, 1.807) is 22.9 Å². The van der Waals surface area contributed by atoms with E-state index in [2.05, 4.69) is 11.2 Å². The van der Waals surface area contributed by atoms with Gasteiger partial charge >= 0.3 is 0 Å².